The lowest BCUT2D eigenvalue weighted by atomic mass is 9.41. The maximum atomic E-state index is 12.3. The maximum absolute atomic E-state index is 12.3. The van der Waals surface area contributed by atoms with Crippen molar-refractivity contribution in [1.29, 1.82) is 0 Å². The van der Waals surface area contributed by atoms with E-state index in [0.717, 1.165) is 32.1 Å². The molecule has 0 bridgehead atoms. The average molecular weight is 839 g/mol. The predicted octanol–water partition coefficient (Wildman–Crippen LogP) is 2.50. The molecule has 2 spiro atoms. The fourth-order valence-electron chi connectivity index (χ4n) is 15.2. The zero-order chi connectivity index (χ0) is 43.0. The van der Waals surface area contributed by atoms with Crippen LogP contribution >= 0.6 is 0 Å². The molecule has 20 atom stereocenters. The van der Waals surface area contributed by atoms with Crippen LogP contribution in [0.15, 0.2) is 0 Å². The minimum atomic E-state index is -1.49. The van der Waals surface area contributed by atoms with Crippen LogP contribution in [0.1, 0.15) is 120 Å². The van der Waals surface area contributed by atoms with Gasteiger partial charge in [-0.15, -0.1) is 0 Å². The molecule has 5 aliphatic carbocycles. The molecule has 0 aromatic heterocycles. The molecule has 0 amide bonds. The van der Waals surface area contributed by atoms with Gasteiger partial charge in [-0.1, -0.05) is 27.7 Å². The maximum Gasteiger partial charge on any atom is 0.303 e. The first-order chi connectivity index (χ1) is 27.3. The minimum absolute atomic E-state index is 0.0659. The van der Waals surface area contributed by atoms with Gasteiger partial charge in [0.15, 0.2) is 24.8 Å². The Balaban J connectivity index is 1.13. The highest BCUT2D eigenvalue weighted by Gasteiger charge is 2.85. The summed E-state index contributed by atoms with van der Waals surface area (Å²) in [4.78, 5) is 24.4. The highest BCUT2D eigenvalue weighted by molar-refractivity contribution is 5.67. The summed E-state index contributed by atoms with van der Waals surface area (Å²) in [5.74, 6) is -1.47. The van der Waals surface area contributed by atoms with Gasteiger partial charge in [0.05, 0.1) is 48.8 Å². The Kier molecular flexibility index (Phi) is 10.9. The van der Waals surface area contributed by atoms with Crippen LogP contribution in [0.3, 0.4) is 0 Å². The van der Waals surface area contributed by atoms with Crippen LogP contribution in [-0.2, 0) is 42.7 Å². The summed E-state index contributed by atoms with van der Waals surface area (Å²) in [5, 5.41) is 66.3. The molecule has 8 fully saturated rings. The molecule has 6 N–H and O–H groups in total. The van der Waals surface area contributed by atoms with Gasteiger partial charge in [0.2, 0.25) is 0 Å². The van der Waals surface area contributed by atoms with E-state index in [1.165, 1.54) is 13.8 Å². The van der Waals surface area contributed by atoms with Crippen LogP contribution < -0.4 is 0 Å². The zero-order valence-electron chi connectivity index (χ0n) is 36.3. The second kappa shape index (κ2) is 14.5. The van der Waals surface area contributed by atoms with Gasteiger partial charge in [-0.3, -0.25) is 9.59 Å². The average Bonchev–Trinajstić information content (AvgIpc) is 3.49. The fraction of sp³-hybridized carbons (Fsp3) is 0.955. The van der Waals surface area contributed by atoms with Gasteiger partial charge in [0.1, 0.15) is 24.4 Å². The zero-order valence-corrected chi connectivity index (χ0v) is 36.3. The molecule has 0 aromatic rings. The van der Waals surface area contributed by atoms with Crippen molar-refractivity contribution in [3.8, 4) is 0 Å². The molecule has 3 heterocycles. The summed E-state index contributed by atoms with van der Waals surface area (Å²) >= 11 is 0. The molecule has 0 aromatic carbocycles. The van der Waals surface area contributed by atoms with Gasteiger partial charge in [-0.25, -0.2) is 0 Å². The molecular weight excluding hydrogens is 768 g/mol. The van der Waals surface area contributed by atoms with Crippen molar-refractivity contribution in [3.63, 3.8) is 0 Å². The number of aliphatic hydroxyl groups excluding tert-OH is 5. The summed E-state index contributed by atoms with van der Waals surface area (Å²) in [6.07, 6.45) is -5.24. The number of carbonyl (C=O) groups excluding carboxylic acids is 2. The van der Waals surface area contributed by atoms with E-state index in [1.807, 2.05) is 0 Å². The lowest BCUT2D eigenvalue weighted by molar-refractivity contribution is -0.327. The Hall–Kier alpha value is -1.50. The number of carbonyl (C=O) groups is 2. The monoisotopic (exact) mass is 838 g/mol. The largest absolute Gasteiger partial charge is 0.455 e. The van der Waals surface area contributed by atoms with Crippen molar-refractivity contribution in [1.82, 2.24) is 0 Å². The molecule has 15 nitrogen and oxygen atoms in total. The molecule has 15 heteroatoms. The molecule has 3 aliphatic heterocycles. The summed E-state index contributed by atoms with van der Waals surface area (Å²) < 4.78 is 43.5. The normalized spacial score (nSPS) is 54.0. The van der Waals surface area contributed by atoms with Gasteiger partial charge in [0.25, 0.3) is 0 Å². The standard InChI is InChI=1S/C44H70O15/c1-21(45)55-32-25(49)19-54-37(33(32)56-22(2)46)58-28-11-13-44-20-43(44)15-14-40(7)34(42(9)12-10-29(59-42)39(5,6)52)23(47)17-41(40,8)27(43)16-26(35(44)38(28,3)4)57-36-31(51)30(50)24(48)18-53-36/h23-37,47-52H,10-20H2,1-9H3/t23-,24+,25+,26-,27-,28-,29-,30-,31+,32-,33+,34-,35-,36-,37-,40+,41-,42-,43-,44+/m0/s1. The van der Waals surface area contributed by atoms with Gasteiger partial charge in [0, 0.05) is 19.8 Å². The van der Waals surface area contributed by atoms with Crippen LogP contribution in [-0.4, -0.2) is 141 Å². The number of esters is 2. The highest BCUT2D eigenvalue weighted by Crippen LogP contribution is 2.89. The van der Waals surface area contributed by atoms with E-state index in [4.69, 9.17) is 33.2 Å². The molecule has 336 valence electrons. The van der Waals surface area contributed by atoms with E-state index in [-0.39, 0.29) is 58.7 Å². The Morgan fingerprint density at radius 2 is 1.34 bits per heavy atom. The first-order valence-electron chi connectivity index (χ1n) is 22.0. The van der Waals surface area contributed by atoms with Crippen LogP contribution in [0.25, 0.3) is 0 Å². The second-order valence-electron chi connectivity index (χ2n) is 21.8. The van der Waals surface area contributed by atoms with E-state index in [0.29, 0.717) is 25.7 Å². The van der Waals surface area contributed by atoms with Crippen molar-refractivity contribution in [3.05, 3.63) is 0 Å². The Labute approximate surface area is 347 Å². The molecule has 0 radical (unpaired) electrons. The smallest absolute Gasteiger partial charge is 0.303 e. The van der Waals surface area contributed by atoms with Crippen molar-refractivity contribution >= 4 is 11.9 Å². The second-order valence-corrected chi connectivity index (χ2v) is 21.8. The lowest BCUT2D eigenvalue weighted by Gasteiger charge is -2.65. The number of aliphatic hydroxyl groups is 6. The lowest BCUT2D eigenvalue weighted by Crippen LogP contribution is -2.65. The van der Waals surface area contributed by atoms with Crippen LogP contribution in [0, 0.1) is 44.8 Å². The van der Waals surface area contributed by atoms with Crippen LogP contribution in [0.5, 0.6) is 0 Å². The van der Waals surface area contributed by atoms with Gasteiger partial charge >= 0.3 is 11.9 Å². The molecule has 8 rings (SSSR count). The number of hydrogen-bond donors (Lipinski definition) is 6. The summed E-state index contributed by atoms with van der Waals surface area (Å²) in [5.41, 5.74) is -3.16. The SMILES string of the molecule is CC(=O)O[C@@H]1[C@@H](OC(C)=O)[C@H](O[C@H]2CC[C@]34C[C@]35CC[C@]3(C)[C@@H]([C@]6(C)CC[C@@H](C(C)(C)O)O6)[C@@H](O)C[C@@]3(C)[C@@H]5C[C@H](O[C@@H]3OC[C@@H](O)[C@H](O)[C@H]3O)[C@H]4C2(C)C)OC[C@H]1O. The Morgan fingerprint density at radius 3 is 1.98 bits per heavy atom. The Bertz CT molecular complexity index is 1630. The minimum Gasteiger partial charge on any atom is -0.455 e. The van der Waals surface area contributed by atoms with E-state index in [2.05, 4.69) is 34.6 Å². The fourth-order valence-corrected chi connectivity index (χ4v) is 15.2. The molecule has 0 unspecified atom stereocenters. The molecule has 8 aliphatic rings. The molecule has 5 saturated carbocycles. The number of hydrogen-bond acceptors (Lipinski definition) is 15. The molecular formula is C44H70O15. The predicted molar refractivity (Wildman–Crippen MR) is 207 cm³/mol. The third-order valence-corrected chi connectivity index (χ3v) is 17.8. The van der Waals surface area contributed by atoms with Crippen LogP contribution in [0.4, 0.5) is 0 Å². The van der Waals surface area contributed by atoms with E-state index >= 15 is 0 Å². The van der Waals surface area contributed by atoms with Gasteiger partial charge in [-0.05, 0) is 117 Å². The molecule has 59 heavy (non-hydrogen) atoms. The van der Waals surface area contributed by atoms with E-state index in [9.17, 15) is 40.2 Å². The summed E-state index contributed by atoms with van der Waals surface area (Å²) in [7, 11) is 0. The van der Waals surface area contributed by atoms with E-state index < -0.39 is 96.1 Å². The number of rotatable bonds is 8. The highest BCUT2D eigenvalue weighted by atomic mass is 16.7. The summed E-state index contributed by atoms with van der Waals surface area (Å²) in [6.45, 7) is 16.7. The topological polar surface area (TPSA) is 220 Å². The van der Waals surface area contributed by atoms with Crippen molar-refractivity contribution in [2.24, 2.45) is 44.8 Å². The quantitative estimate of drug-likeness (QED) is 0.153. The van der Waals surface area contributed by atoms with Gasteiger partial charge < -0.3 is 63.8 Å². The first kappa shape index (κ1) is 44.1. The van der Waals surface area contributed by atoms with Crippen LogP contribution in [0.2, 0.25) is 0 Å². The first-order valence-corrected chi connectivity index (χ1v) is 22.0. The van der Waals surface area contributed by atoms with Crippen molar-refractivity contribution in [2.75, 3.05) is 13.2 Å². The third kappa shape index (κ3) is 6.60. The van der Waals surface area contributed by atoms with Crippen molar-refractivity contribution < 1.29 is 73.4 Å². The van der Waals surface area contributed by atoms with Gasteiger partial charge in [-0.2, -0.15) is 0 Å². The number of fused-ring (bicyclic) bond motifs is 2. The number of ether oxygens (including phenoxy) is 7. The Morgan fingerprint density at radius 1 is 0.695 bits per heavy atom. The molecule has 3 saturated heterocycles. The summed E-state index contributed by atoms with van der Waals surface area (Å²) in [6, 6.07) is 0. The van der Waals surface area contributed by atoms with E-state index in [1.54, 1.807) is 13.8 Å². The van der Waals surface area contributed by atoms with Crippen molar-refractivity contribution in [2.45, 2.75) is 205 Å². The third-order valence-electron chi connectivity index (χ3n) is 17.8.